The van der Waals surface area contributed by atoms with Crippen LogP contribution in [0.15, 0.2) is 15.7 Å². The summed E-state index contributed by atoms with van der Waals surface area (Å²) in [5, 5.41) is 15.0. The van der Waals surface area contributed by atoms with E-state index in [4.69, 9.17) is 15.5 Å². The molecule has 1 aromatic heterocycles. The number of rotatable bonds is 5. The van der Waals surface area contributed by atoms with Crippen molar-refractivity contribution in [1.29, 1.82) is 0 Å². The standard InChI is InChI=1S/C11H18N4O3/c1-7(2)15(5-4-10(12)13-17)11(16)9-6-8(3)14-18-9/h6-7,17H,4-5H2,1-3H3,(H2,12,13). The number of hydrogen-bond acceptors (Lipinski definition) is 5. The summed E-state index contributed by atoms with van der Waals surface area (Å²) in [6, 6.07) is 1.57. The van der Waals surface area contributed by atoms with Crippen LogP contribution < -0.4 is 5.73 Å². The Kier molecular flexibility index (Phi) is 4.70. The Morgan fingerprint density at radius 3 is 2.78 bits per heavy atom. The zero-order valence-electron chi connectivity index (χ0n) is 10.8. The number of carbonyl (C=O) groups excluding carboxylic acids is 1. The average Bonchev–Trinajstić information content (AvgIpc) is 2.75. The SMILES string of the molecule is Cc1cc(C(=O)N(CCC(N)=NO)C(C)C)on1. The van der Waals surface area contributed by atoms with E-state index in [0.717, 1.165) is 0 Å². The lowest BCUT2D eigenvalue weighted by Gasteiger charge is -2.25. The zero-order chi connectivity index (χ0) is 13.7. The highest BCUT2D eigenvalue weighted by molar-refractivity contribution is 5.92. The van der Waals surface area contributed by atoms with Crippen molar-refractivity contribution >= 4 is 11.7 Å². The van der Waals surface area contributed by atoms with E-state index in [1.54, 1.807) is 17.9 Å². The summed E-state index contributed by atoms with van der Waals surface area (Å²) >= 11 is 0. The summed E-state index contributed by atoms with van der Waals surface area (Å²) < 4.78 is 4.94. The van der Waals surface area contributed by atoms with Crippen LogP contribution in [0.5, 0.6) is 0 Å². The minimum Gasteiger partial charge on any atom is -0.409 e. The Bertz CT molecular complexity index is 439. The van der Waals surface area contributed by atoms with E-state index < -0.39 is 0 Å². The first-order valence-electron chi connectivity index (χ1n) is 5.66. The molecule has 1 aromatic rings. The smallest absolute Gasteiger partial charge is 0.292 e. The maximum atomic E-state index is 12.1. The van der Waals surface area contributed by atoms with Gasteiger partial charge in [0.05, 0.1) is 5.69 Å². The van der Waals surface area contributed by atoms with Crippen LogP contribution in [0.4, 0.5) is 0 Å². The molecular formula is C11H18N4O3. The van der Waals surface area contributed by atoms with Crippen LogP contribution in [0, 0.1) is 6.92 Å². The molecule has 0 radical (unpaired) electrons. The Morgan fingerprint density at radius 1 is 1.67 bits per heavy atom. The van der Waals surface area contributed by atoms with Gasteiger partial charge < -0.3 is 20.4 Å². The van der Waals surface area contributed by atoms with Crippen molar-refractivity contribution < 1.29 is 14.5 Å². The fourth-order valence-electron chi connectivity index (χ4n) is 1.49. The molecule has 0 spiro atoms. The van der Waals surface area contributed by atoms with Gasteiger partial charge >= 0.3 is 0 Å². The van der Waals surface area contributed by atoms with Crippen LogP contribution >= 0.6 is 0 Å². The number of nitrogens with two attached hydrogens (primary N) is 1. The van der Waals surface area contributed by atoms with Crippen molar-refractivity contribution in [2.45, 2.75) is 33.2 Å². The van der Waals surface area contributed by atoms with Gasteiger partial charge in [-0.3, -0.25) is 4.79 Å². The van der Waals surface area contributed by atoms with Gasteiger partial charge in [0, 0.05) is 25.1 Å². The summed E-state index contributed by atoms with van der Waals surface area (Å²) in [7, 11) is 0. The normalized spacial score (nSPS) is 11.9. The number of oxime groups is 1. The molecule has 1 rings (SSSR count). The second-order valence-electron chi connectivity index (χ2n) is 4.27. The van der Waals surface area contributed by atoms with Crippen molar-refractivity contribution in [3.63, 3.8) is 0 Å². The zero-order valence-corrected chi connectivity index (χ0v) is 10.8. The van der Waals surface area contributed by atoms with Gasteiger partial charge in [-0.25, -0.2) is 0 Å². The lowest BCUT2D eigenvalue weighted by molar-refractivity contribution is 0.0668. The summed E-state index contributed by atoms with van der Waals surface area (Å²) in [5.74, 6) is 0.0271. The molecule has 100 valence electrons. The van der Waals surface area contributed by atoms with Crippen LogP contribution in [0.3, 0.4) is 0 Å². The van der Waals surface area contributed by atoms with Crippen LogP contribution in [0.1, 0.15) is 36.5 Å². The van der Waals surface area contributed by atoms with Gasteiger partial charge in [-0.2, -0.15) is 0 Å². The molecule has 0 aromatic carbocycles. The predicted octanol–water partition coefficient (Wildman–Crippen LogP) is 0.970. The summed E-state index contributed by atoms with van der Waals surface area (Å²) in [6.07, 6.45) is 0.299. The molecule has 7 nitrogen and oxygen atoms in total. The monoisotopic (exact) mass is 254 g/mol. The second kappa shape index (κ2) is 6.04. The number of amidine groups is 1. The van der Waals surface area contributed by atoms with Crippen molar-refractivity contribution in [3.8, 4) is 0 Å². The van der Waals surface area contributed by atoms with Crippen LogP contribution in [0.25, 0.3) is 0 Å². The Labute approximate surface area is 105 Å². The highest BCUT2D eigenvalue weighted by Gasteiger charge is 2.22. The van der Waals surface area contributed by atoms with Gasteiger partial charge in [-0.05, 0) is 20.8 Å². The average molecular weight is 254 g/mol. The number of nitrogens with zero attached hydrogens (tertiary/aromatic N) is 3. The van der Waals surface area contributed by atoms with E-state index in [-0.39, 0.29) is 23.5 Å². The molecule has 1 amide bonds. The molecule has 0 atom stereocenters. The minimum atomic E-state index is -0.253. The number of carbonyl (C=O) groups is 1. The van der Waals surface area contributed by atoms with Crippen LogP contribution in [-0.4, -0.2) is 39.6 Å². The molecule has 0 aliphatic rings. The molecule has 0 bridgehead atoms. The van der Waals surface area contributed by atoms with E-state index >= 15 is 0 Å². The maximum absolute atomic E-state index is 12.1. The molecule has 0 fully saturated rings. The highest BCUT2D eigenvalue weighted by atomic mass is 16.5. The lowest BCUT2D eigenvalue weighted by atomic mass is 10.2. The van der Waals surface area contributed by atoms with Crippen molar-refractivity contribution in [2.75, 3.05) is 6.54 Å². The van der Waals surface area contributed by atoms with E-state index in [1.165, 1.54) is 0 Å². The third-order valence-electron chi connectivity index (χ3n) is 2.46. The van der Waals surface area contributed by atoms with E-state index in [9.17, 15) is 4.79 Å². The van der Waals surface area contributed by atoms with Gasteiger partial charge in [0.1, 0.15) is 5.84 Å². The van der Waals surface area contributed by atoms with E-state index in [1.807, 2.05) is 13.8 Å². The van der Waals surface area contributed by atoms with Gasteiger partial charge in [-0.1, -0.05) is 10.3 Å². The Morgan fingerprint density at radius 2 is 2.33 bits per heavy atom. The molecular weight excluding hydrogens is 236 g/mol. The first-order valence-corrected chi connectivity index (χ1v) is 5.66. The molecule has 0 unspecified atom stereocenters. The summed E-state index contributed by atoms with van der Waals surface area (Å²) in [4.78, 5) is 13.7. The number of hydrogen-bond donors (Lipinski definition) is 2. The van der Waals surface area contributed by atoms with Crippen molar-refractivity contribution in [2.24, 2.45) is 10.9 Å². The molecule has 0 saturated heterocycles. The molecule has 3 N–H and O–H groups in total. The van der Waals surface area contributed by atoms with Crippen molar-refractivity contribution in [1.82, 2.24) is 10.1 Å². The maximum Gasteiger partial charge on any atom is 0.292 e. The molecule has 0 saturated carbocycles. The van der Waals surface area contributed by atoms with Crippen LogP contribution in [0.2, 0.25) is 0 Å². The highest BCUT2D eigenvalue weighted by Crippen LogP contribution is 2.10. The lowest BCUT2D eigenvalue weighted by Crippen LogP contribution is -2.39. The largest absolute Gasteiger partial charge is 0.409 e. The van der Waals surface area contributed by atoms with Gasteiger partial charge in [0.15, 0.2) is 0 Å². The fourth-order valence-corrected chi connectivity index (χ4v) is 1.49. The van der Waals surface area contributed by atoms with E-state index in [2.05, 4.69) is 10.3 Å². The van der Waals surface area contributed by atoms with Crippen molar-refractivity contribution in [3.05, 3.63) is 17.5 Å². The minimum absolute atomic E-state index is 0.0191. The quantitative estimate of drug-likeness (QED) is 0.352. The van der Waals surface area contributed by atoms with Crippen LogP contribution in [-0.2, 0) is 0 Å². The number of aromatic nitrogens is 1. The molecule has 18 heavy (non-hydrogen) atoms. The topological polar surface area (TPSA) is 105 Å². The van der Waals surface area contributed by atoms with Gasteiger partial charge in [-0.15, -0.1) is 0 Å². The fraction of sp³-hybridized carbons (Fsp3) is 0.545. The molecule has 0 aliphatic heterocycles. The molecule has 1 heterocycles. The third kappa shape index (κ3) is 3.47. The Hall–Kier alpha value is -2.05. The first kappa shape index (κ1) is 14.0. The predicted molar refractivity (Wildman–Crippen MR) is 65.4 cm³/mol. The van der Waals surface area contributed by atoms with Gasteiger partial charge in [0.2, 0.25) is 5.76 Å². The second-order valence-corrected chi connectivity index (χ2v) is 4.27. The Balaban J connectivity index is 2.76. The summed E-state index contributed by atoms with van der Waals surface area (Å²) in [5.41, 5.74) is 6.04. The van der Waals surface area contributed by atoms with Gasteiger partial charge in [0.25, 0.3) is 5.91 Å². The summed E-state index contributed by atoms with van der Waals surface area (Å²) in [6.45, 7) is 5.86. The van der Waals surface area contributed by atoms with E-state index in [0.29, 0.717) is 18.7 Å². The third-order valence-corrected chi connectivity index (χ3v) is 2.46. The number of aryl methyl sites for hydroxylation is 1. The first-order chi connectivity index (χ1) is 8.45. The molecule has 0 aliphatic carbocycles. The number of amides is 1. The molecule has 7 heteroatoms.